The molecule has 1 saturated carbocycles. The number of ketones is 1. The molecule has 2 atom stereocenters. The second-order valence-corrected chi connectivity index (χ2v) is 6.29. The van der Waals surface area contributed by atoms with Crippen LogP contribution in [0, 0.1) is 17.2 Å². The van der Waals surface area contributed by atoms with Crippen LogP contribution >= 0.6 is 0 Å². The lowest BCUT2D eigenvalue weighted by atomic mass is 9.86. The van der Waals surface area contributed by atoms with Crippen LogP contribution in [-0.4, -0.2) is 17.7 Å². The van der Waals surface area contributed by atoms with E-state index in [1.807, 2.05) is 6.07 Å². The van der Waals surface area contributed by atoms with Gasteiger partial charge < -0.3 is 10.6 Å². The van der Waals surface area contributed by atoms with E-state index in [4.69, 9.17) is 0 Å². The summed E-state index contributed by atoms with van der Waals surface area (Å²) in [6, 6.07) is 8.85. The fourth-order valence-corrected chi connectivity index (χ4v) is 2.89. The summed E-state index contributed by atoms with van der Waals surface area (Å²) in [5, 5.41) is 15.1. The largest absolute Gasteiger partial charge is 0.387 e. The van der Waals surface area contributed by atoms with Crippen LogP contribution in [0.15, 0.2) is 36.0 Å². The standard InChI is InChI=1S/C19H23N3O2/c1-13-5-3-4-6-18(13)21-12-16(11-20)19(24)22-17-9-7-15(8-10-17)14(2)23/h7-10,12-13,18,21H,3-6H2,1-2H3,(H,22,24)/b16-12-. The number of rotatable bonds is 5. The molecule has 0 aromatic heterocycles. The Morgan fingerprint density at radius 3 is 2.46 bits per heavy atom. The predicted molar refractivity (Wildman–Crippen MR) is 93.3 cm³/mol. The molecule has 0 radical (unpaired) electrons. The number of nitrogens with one attached hydrogen (secondary N) is 2. The van der Waals surface area contributed by atoms with Crippen LogP contribution in [0.4, 0.5) is 5.69 Å². The molecule has 1 aliphatic rings. The molecule has 1 aromatic rings. The molecule has 0 aliphatic heterocycles. The monoisotopic (exact) mass is 325 g/mol. The van der Waals surface area contributed by atoms with Gasteiger partial charge in [-0.15, -0.1) is 0 Å². The van der Waals surface area contributed by atoms with Gasteiger partial charge in [0.2, 0.25) is 0 Å². The minimum Gasteiger partial charge on any atom is -0.387 e. The van der Waals surface area contributed by atoms with Gasteiger partial charge in [0.05, 0.1) is 0 Å². The molecule has 126 valence electrons. The van der Waals surface area contributed by atoms with Crippen molar-refractivity contribution in [2.75, 3.05) is 5.32 Å². The average Bonchev–Trinajstić information content (AvgIpc) is 2.57. The number of hydrogen-bond donors (Lipinski definition) is 2. The molecule has 2 N–H and O–H groups in total. The van der Waals surface area contributed by atoms with Gasteiger partial charge in [-0.05, 0) is 49.9 Å². The summed E-state index contributed by atoms with van der Waals surface area (Å²) in [5.74, 6) is 0.0532. The van der Waals surface area contributed by atoms with E-state index in [0.29, 0.717) is 23.2 Å². The summed E-state index contributed by atoms with van der Waals surface area (Å²) >= 11 is 0. The SMILES string of the molecule is CC(=O)c1ccc(NC(=O)/C(C#N)=C\NC2CCCCC2C)cc1. The summed E-state index contributed by atoms with van der Waals surface area (Å²) < 4.78 is 0. The molecular formula is C19H23N3O2. The van der Waals surface area contributed by atoms with E-state index >= 15 is 0 Å². The van der Waals surface area contributed by atoms with Crippen LogP contribution in [0.25, 0.3) is 0 Å². The minimum atomic E-state index is -0.455. The van der Waals surface area contributed by atoms with Crippen LogP contribution in [0.2, 0.25) is 0 Å². The number of nitrogens with zero attached hydrogens (tertiary/aromatic N) is 1. The van der Waals surface area contributed by atoms with E-state index < -0.39 is 5.91 Å². The molecule has 1 fully saturated rings. The second-order valence-electron chi connectivity index (χ2n) is 6.29. The lowest BCUT2D eigenvalue weighted by molar-refractivity contribution is -0.112. The maximum absolute atomic E-state index is 12.2. The normalized spacial score (nSPS) is 20.8. The fourth-order valence-electron chi connectivity index (χ4n) is 2.89. The maximum atomic E-state index is 12.2. The number of carbonyl (C=O) groups excluding carboxylic acids is 2. The Morgan fingerprint density at radius 1 is 1.21 bits per heavy atom. The molecule has 5 nitrogen and oxygen atoms in total. The Morgan fingerprint density at radius 2 is 1.88 bits per heavy atom. The zero-order valence-corrected chi connectivity index (χ0v) is 14.1. The molecule has 0 spiro atoms. The molecule has 1 aromatic carbocycles. The Kier molecular flexibility index (Phi) is 6.14. The second kappa shape index (κ2) is 8.30. The highest BCUT2D eigenvalue weighted by Gasteiger charge is 2.20. The van der Waals surface area contributed by atoms with Crippen LogP contribution in [0.3, 0.4) is 0 Å². The third kappa shape index (κ3) is 4.69. The summed E-state index contributed by atoms with van der Waals surface area (Å²) in [6.45, 7) is 3.68. The first-order chi connectivity index (χ1) is 11.5. The van der Waals surface area contributed by atoms with Crippen LogP contribution < -0.4 is 10.6 Å². The first kappa shape index (κ1) is 17.7. The Balaban J connectivity index is 1.99. The van der Waals surface area contributed by atoms with Gasteiger partial charge in [0.1, 0.15) is 11.6 Å². The van der Waals surface area contributed by atoms with Crippen molar-refractivity contribution in [2.24, 2.45) is 5.92 Å². The molecule has 0 bridgehead atoms. The van der Waals surface area contributed by atoms with Crippen molar-refractivity contribution in [3.05, 3.63) is 41.6 Å². The van der Waals surface area contributed by atoms with Crippen LogP contribution in [0.5, 0.6) is 0 Å². The Labute approximate surface area is 142 Å². The highest BCUT2D eigenvalue weighted by Crippen LogP contribution is 2.23. The van der Waals surface area contributed by atoms with Gasteiger partial charge in [-0.25, -0.2) is 0 Å². The third-order valence-electron chi connectivity index (χ3n) is 4.47. The zero-order valence-electron chi connectivity index (χ0n) is 14.1. The third-order valence-corrected chi connectivity index (χ3v) is 4.47. The molecule has 24 heavy (non-hydrogen) atoms. The highest BCUT2D eigenvalue weighted by molar-refractivity contribution is 6.06. The van der Waals surface area contributed by atoms with E-state index in [-0.39, 0.29) is 11.4 Å². The van der Waals surface area contributed by atoms with E-state index in [9.17, 15) is 14.9 Å². The van der Waals surface area contributed by atoms with Crippen molar-refractivity contribution >= 4 is 17.4 Å². The topological polar surface area (TPSA) is 82.0 Å². The van der Waals surface area contributed by atoms with Gasteiger partial charge in [-0.3, -0.25) is 9.59 Å². The van der Waals surface area contributed by atoms with Crippen molar-refractivity contribution in [3.8, 4) is 6.07 Å². The zero-order chi connectivity index (χ0) is 17.5. The number of hydrogen-bond acceptors (Lipinski definition) is 4. The maximum Gasteiger partial charge on any atom is 0.267 e. The molecule has 1 amide bonds. The van der Waals surface area contributed by atoms with Gasteiger partial charge in [-0.2, -0.15) is 5.26 Å². The summed E-state index contributed by atoms with van der Waals surface area (Å²) in [5.41, 5.74) is 1.18. The average molecular weight is 325 g/mol. The van der Waals surface area contributed by atoms with Gasteiger partial charge in [0.25, 0.3) is 5.91 Å². The van der Waals surface area contributed by atoms with E-state index in [2.05, 4.69) is 17.6 Å². The summed E-state index contributed by atoms with van der Waals surface area (Å²) in [6.07, 6.45) is 6.16. The molecule has 5 heteroatoms. The number of nitriles is 1. The molecule has 2 unspecified atom stereocenters. The number of amides is 1. The Hall–Kier alpha value is -2.61. The number of Topliss-reactive ketones (excluding diaryl/α,β-unsaturated/α-hetero) is 1. The first-order valence-corrected chi connectivity index (χ1v) is 8.30. The van der Waals surface area contributed by atoms with E-state index in [1.165, 1.54) is 32.4 Å². The predicted octanol–water partition coefficient (Wildman–Crippen LogP) is 3.40. The van der Waals surface area contributed by atoms with Crippen molar-refractivity contribution in [1.29, 1.82) is 5.26 Å². The molecule has 2 rings (SSSR count). The van der Waals surface area contributed by atoms with Gasteiger partial charge in [-0.1, -0.05) is 19.8 Å². The minimum absolute atomic E-state index is 0.0312. The van der Waals surface area contributed by atoms with Crippen molar-refractivity contribution in [3.63, 3.8) is 0 Å². The van der Waals surface area contributed by atoms with Crippen molar-refractivity contribution in [1.82, 2.24) is 5.32 Å². The van der Waals surface area contributed by atoms with Crippen molar-refractivity contribution < 1.29 is 9.59 Å². The molecule has 0 saturated heterocycles. The van der Waals surface area contributed by atoms with Crippen LogP contribution in [-0.2, 0) is 4.79 Å². The highest BCUT2D eigenvalue weighted by atomic mass is 16.1. The number of benzene rings is 1. The lowest BCUT2D eigenvalue weighted by Gasteiger charge is -2.29. The first-order valence-electron chi connectivity index (χ1n) is 8.30. The van der Waals surface area contributed by atoms with E-state index in [1.54, 1.807) is 24.3 Å². The number of carbonyl (C=O) groups is 2. The van der Waals surface area contributed by atoms with Gasteiger partial charge >= 0.3 is 0 Å². The Bertz CT molecular complexity index is 671. The molecule has 1 aliphatic carbocycles. The van der Waals surface area contributed by atoms with Crippen LogP contribution in [0.1, 0.15) is 49.9 Å². The fraction of sp³-hybridized carbons (Fsp3) is 0.421. The van der Waals surface area contributed by atoms with Crippen molar-refractivity contribution in [2.45, 2.75) is 45.6 Å². The summed E-state index contributed by atoms with van der Waals surface area (Å²) in [7, 11) is 0. The molecular weight excluding hydrogens is 302 g/mol. The van der Waals surface area contributed by atoms with Gasteiger partial charge in [0.15, 0.2) is 5.78 Å². The quantitative estimate of drug-likeness (QED) is 0.494. The smallest absolute Gasteiger partial charge is 0.267 e. The van der Waals surface area contributed by atoms with E-state index in [0.717, 1.165) is 6.42 Å². The summed E-state index contributed by atoms with van der Waals surface area (Å²) in [4.78, 5) is 23.5. The molecule has 0 heterocycles. The number of anilines is 1. The van der Waals surface area contributed by atoms with Gasteiger partial charge in [0, 0.05) is 23.5 Å². The lowest BCUT2D eigenvalue weighted by Crippen LogP contribution is -2.34.